The van der Waals surface area contributed by atoms with Gasteiger partial charge in [-0.25, -0.2) is 9.37 Å². The van der Waals surface area contributed by atoms with E-state index in [-0.39, 0.29) is 34.6 Å². The molecule has 0 spiro atoms. The average Bonchev–Trinajstić information content (AvgIpc) is 3.71. The molecule has 3 aromatic heterocycles. The van der Waals surface area contributed by atoms with Crippen molar-refractivity contribution in [3.8, 4) is 17.2 Å². The first-order valence-corrected chi connectivity index (χ1v) is 12.5. The van der Waals surface area contributed by atoms with Gasteiger partial charge < -0.3 is 25.5 Å². The largest absolute Gasteiger partial charge is 0.453 e. The third-order valence-corrected chi connectivity index (χ3v) is 6.41. The summed E-state index contributed by atoms with van der Waals surface area (Å²) in [6.07, 6.45) is 5.05. The molecule has 0 atom stereocenters. The normalized spacial score (nSPS) is 12.7. The van der Waals surface area contributed by atoms with Gasteiger partial charge in [0.1, 0.15) is 22.8 Å². The molecular formula is C29H23FN6O4. The third-order valence-electron chi connectivity index (χ3n) is 6.41. The fourth-order valence-corrected chi connectivity index (χ4v) is 4.22. The van der Waals surface area contributed by atoms with E-state index < -0.39 is 17.3 Å². The lowest BCUT2D eigenvalue weighted by Crippen LogP contribution is -2.29. The maximum atomic E-state index is 14.9. The van der Waals surface area contributed by atoms with Crippen molar-refractivity contribution in [3.05, 3.63) is 107 Å². The predicted octanol–water partition coefficient (Wildman–Crippen LogP) is 4.60. The number of nitrogens with zero attached hydrogens (tertiary/aromatic N) is 3. The number of amides is 2. The Morgan fingerprint density at radius 3 is 2.52 bits per heavy atom. The highest BCUT2D eigenvalue weighted by Crippen LogP contribution is 2.31. The summed E-state index contributed by atoms with van der Waals surface area (Å²) >= 11 is 0. The molecule has 0 saturated heterocycles. The van der Waals surface area contributed by atoms with E-state index in [0.29, 0.717) is 22.9 Å². The van der Waals surface area contributed by atoms with E-state index in [1.807, 2.05) is 0 Å². The van der Waals surface area contributed by atoms with Gasteiger partial charge in [-0.05, 0) is 61.4 Å². The molecule has 1 saturated carbocycles. The van der Waals surface area contributed by atoms with E-state index >= 15 is 0 Å². The molecule has 3 heterocycles. The second kappa shape index (κ2) is 10.0. The van der Waals surface area contributed by atoms with Gasteiger partial charge in [0, 0.05) is 17.7 Å². The summed E-state index contributed by atoms with van der Waals surface area (Å²) in [4.78, 5) is 42.3. The van der Waals surface area contributed by atoms with Crippen molar-refractivity contribution in [2.75, 3.05) is 16.4 Å². The lowest BCUT2D eigenvalue weighted by molar-refractivity contribution is -0.117. The van der Waals surface area contributed by atoms with Gasteiger partial charge in [0.25, 0.3) is 11.5 Å². The number of nitrogens with two attached hydrogens (primary N) is 1. The predicted molar refractivity (Wildman–Crippen MR) is 147 cm³/mol. The Hall–Kier alpha value is -5.45. The van der Waals surface area contributed by atoms with Gasteiger partial charge in [-0.15, -0.1) is 0 Å². The van der Waals surface area contributed by atoms with Crippen LogP contribution in [-0.2, 0) is 4.79 Å². The Kier molecular flexibility index (Phi) is 6.23. The number of pyridine rings is 2. The molecule has 0 bridgehead atoms. The zero-order valence-corrected chi connectivity index (χ0v) is 21.0. The van der Waals surface area contributed by atoms with Gasteiger partial charge in [-0.2, -0.15) is 0 Å². The Morgan fingerprint density at radius 2 is 1.77 bits per heavy atom. The van der Waals surface area contributed by atoms with Crippen molar-refractivity contribution in [2.24, 2.45) is 5.92 Å². The number of aromatic nitrogens is 3. The van der Waals surface area contributed by atoms with Crippen LogP contribution in [0.1, 0.15) is 23.2 Å². The number of hydrogen-bond donors (Lipinski definition) is 3. The molecule has 4 N–H and O–H groups in total. The monoisotopic (exact) mass is 538 g/mol. The van der Waals surface area contributed by atoms with Crippen LogP contribution in [0.4, 0.5) is 21.7 Å². The van der Waals surface area contributed by atoms with Crippen LogP contribution in [0.25, 0.3) is 11.3 Å². The number of hydrogen-bond acceptors (Lipinski definition) is 6. The van der Waals surface area contributed by atoms with Crippen LogP contribution in [0.5, 0.6) is 11.5 Å². The molecule has 1 aliphatic carbocycles. The minimum absolute atomic E-state index is 0.0487. The minimum Gasteiger partial charge on any atom is -0.453 e. The molecule has 1 fully saturated rings. The van der Waals surface area contributed by atoms with Crippen LogP contribution in [0.15, 0.2) is 90.0 Å². The molecular weight excluding hydrogens is 515 g/mol. The van der Waals surface area contributed by atoms with Crippen molar-refractivity contribution in [3.63, 3.8) is 0 Å². The van der Waals surface area contributed by atoms with Crippen LogP contribution in [0.3, 0.4) is 0 Å². The topological polar surface area (TPSA) is 133 Å². The van der Waals surface area contributed by atoms with E-state index in [0.717, 1.165) is 18.9 Å². The second-order valence-corrected chi connectivity index (χ2v) is 9.37. The summed E-state index contributed by atoms with van der Waals surface area (Å²) in [6.45, 7) is 0. The van der Waals surface area contributed by atoms with Crippen LogP contribution in [0.2, 0.25) is 0 Å². The summed E-state index contributed by atoms with van der Waals surface area (Å²) in [6, 6.07) is 18.7. The summed E-state index contributed by atoms with van der Waals surface area (Å²) in [5, 5.41) is 5.34. The number of nitrogens with one attached hydrogen (secondary N) is 2. The van der Waals surface area contributed by atoms with E-state index in [1.54, 1.807) is 59.3 Å². The van der Waals surface area contributed by atoms with Gasteiger partial charge in [0.2, 0.25) is 5.91 Å². The highest BCUT2D eigenvalue weighted by atomic mass is 19.1. The Morgan fingerprint density at radius 1 is 0.975 bits per heavy atom. The number of halogens is 1. The van der Waals surface area contributed by atoms with E-state index in [1.165, 1.54) is 28.8 Å². The number of carbonyl (C=O) groups is 2. The highest BCUT2D eigenvalue weighted by molar-refractivity contribution is 6.04. The summed E-state index contributed by atoms with van der Waals surface area (Å²) < 4.78 is 23.5. The van der Waals surface area contributed by atoms with Crippen LogP contribution in [-0.4, -0.2) is 25.8 Å². The van der Waals surface area contributed by atoms with E-state index in [9.17, 15) is 18.8 Å². The molecule has 0 radical (unpaired) electrons. The number of carbonyl (C=O) groups excluding carboxylic acids is 2. The number of imidazole rings is 1. The fourth-order valence-electron chi connectivity index (χ4n) is 4.22. The minimum atomic E-state index is -0.722. The van der Waals surface area contributed by atoms with Gasteiger partial charge >= 0.3 is 0 Å². The van der Waals surface area contributed by atoms with Crippen molar-refractivity contribution >= 4 is 34.8 Å². The molecule has 10 nitrogen and oxygen atoms in total. The molecule has 6 rings (SSSR count). The highest BCUT2D eigenvalue weighted by Gasteiger charge is 2.30. The van der Waals surface area contributed by atoms with Crippen molar-refractivity contribution in [1.29, 1.82) is 0 Å². The zero-order chi connectivity index (χ0) is 27.8. The number of nitrogen functional groups attached to an aromatic ring is 1. The summed E-state index contributed by atoms with van der Waals surface area (Å²) in [5.74, 6) is -0.558. The first kappa shape index (κ1) is 24.9. The maximum absolute atomic E-state index is 14.9. The van der Waals surface area contributed by atoms with E-state index in [4.69, 9.17) is 10.5 Å². The van der Waals surface area contributed by atoms with Crippen LogP contribution >= 0.6 is 0 Å². The maximum Gasteiger partial charge on any atom is 0.269 e. The molecule has 11 heteroatoms. The summed E-state index contributed by atoms with van der Waals surface area (Å²) in [7, 11) is 0. The lowest BCUT2D eigenvalue weighted by Gasteiger charge is -2.12. The molecule has 0 aliphatic heterocycles. The molecule has 5 aromatic rings. The number of rotatable bonds is 7. The summed E-state index contributed by atoms with van der Waals surface area (Å²) in [5.41, 5.74) is 6.47. The molecule has 0 unspecified atom stereocenters. The second-order valence-electron chi connectivity index (χ2n) is 9.37. The van der Waals surface area contributed by atoms with Crippen molar-refractivity contribution < 1.29 is 18.7 Å². The SMILES string of the molecule is Nc1ccc(C(=O)Nc2ccc(Oc3ccc4nc(NC(=O)C5CC5)cn4c3)c(F)c2)c(=O)n1-c1ccccc1. The Bertz CT molecular complexity index is 1830. The number of anilines is 3. The molecule has 40 heavy (non-hydrogen) atoms. The zero-order valence-electron chi connectivity index (χ0n) is 21.0. The van der Waals surface area contributed by atoms with E-state index in [2.05, 4.69) is 15.6 Å². The first-order chi connectivity index (χ1) is 19.4. The lowest BCUT2D eigenvalue weighted by atomic mass is 10.2. The first-order valence-electron chi connectivity index (χ1n) is 12.5. The third kappa shape index (κ3) is 4.99. The fraction of sp³-hybridized carbons (Fsp3) is 0.103. The van der Waals surface area contributed by atoms with Gasteiger partial charge in [0.05, 0.1) is 18.1 Å². The van der Waals surface area contributed by atoms with Gasteiger partial charge in [0.15, 0.2) is 17.4 Å². The number of benzene rings is 2. The van der Waals surface area contributed by atoms with Gasteiger partial charge in [-0.1, -0.05) is 18.2 Å². The quantitative estimate of drug-likeness (QED) is 0.277. The van der Waals surface area contributed by atoms with Crippen LogP contribution < -0.4 is 26.7 Å². The van der Waals surface area contributed by atoms with Crippen molar-refractivity contribution in [1.82, 2.24) is 14.0 Å². The molecule has 200 valence electrons. The number of ether oxygens (including phenoxy) is 1. The number of para-hydroxylation sites is 1. The molecule has 2 amide bonds. The van der Waals surface area contributed by atoms with Gasteiger partial charge in [-0.3, -0.25) is 19.0 Å². The van der Waals surface area contributed by atoms with Crippen molar-refractivity contribution in [2.45, 2.75) is 12.8 Å². The Balaban J connectivity index is 1.17. The Labute approximate surface area is 226 Å². The van der Waals surface area contributed by atoms with Crippen LogP contribution in [0, 0.1) is 11.7 Å². The smallest absolute Gasteiger partial charge is 0.269 e. The average molecular weight is 539 g/mol. The molecule has 1 aliphatic rings. The number of fused-ring (bicyclic) bond motifs is 1. The standard InChI is InChI=1S/C29H23FN6O4/c30-22-14-18(32-28(38)21-10-12-24(31)36(29(21)39)19-4-2-1-3-5-19)8-11-23(22)40-20-9-13-26-33-25(16-35(26)15-20)34-27(37)17-6-7-17/h1-5,8-17H,6-7,31H2,(H,32,38)(H,34,37). The molecule has 2 aromatic carbocycles.